The Morgan fingerprint density at radius 2 is 1.81 bits per heavy atom. The molecule has 0 aliphatic heterocycles. The molecule has 21 heavy (non-hydrogen) atoms. The molecular weight excluding hydrogens is 338 g/mol. The Bertz CT molecular complexity index is 795. The minimum atomic E-state index is -4.11. The number of rotatable bonds is 2. The molecule has 4 nitrogen and oxygen atoms in total. The van der Waals surface area contributed by atoms with Gasteiger partial charge >= 0.3 is 0 Å². The summed E-state index contributed by atoms with van der Waals surface area (Å²) in [6.07, 6.45) is 0. The lowest BCUT2D eigenvalue weighted by Gasteiger charge is -2.16. The summed E-state index contributed by atoms with van der Waals surface area (Å²) in [7, 11) is 1.34. The van der Waals surface area contributed by atoms with Crippen LogP contribution < -0.4 is 0 Å². The van der Waals surface area contributed by atoms with Gasteiger partial charge in [0.1, 0.15) is 16.4 Å². The highest BCUT2D eigenvalue weighted by molar-refractivity contribution is 8.13. The SMILES string of the molecule is CC(C)(C)c1nn(-c2ccccc2F)c(Cl)c1S(=O)(=O)Cl. The van der Waals surface area contributed by atoms with Gasteiger partial charge in [-0.3, -0.25) is 0 Å². The fourth-order valence-electron chi connectivity index (χ4n) is 1.87. The van der Waals surface area contributed by atoms with Crippen LogP contribution in [0.15, 0.2) is 29.2 Å². The van der Waals surface area contributed by atoms with E-state index >= 15 is 0 Å². The van der Waals surface area contributed by atoms with Gasteiger partial charge in [0.2, 0.25) is 0 Å². The second-order valence-electron chi connectivity index (χ2n) is 5.52. The number of halogens is 3. The molecule has 1 heterocycles. The van der Waals surface area contributed by atoms with Crippen molar-refractivity contribution in [2.45, 2.75) is 31.1 Å². The number of aromatic nitrogens is 2. The molecule has 0 saturated heterocycles. The normalized spacial score (nSPS) is 12.7. The van der Waals surface area contributed by atoms with Crippen molar-refractivity contribution in [1.29, 1.82) is 0 Å². The Kier molecular flexibility index (Phi) is 4.08. The summed E-state index contributed by atoms with van der Waals surface area (Å²) in [6.45, 7) is 5.30. The van der Waals surface area contributed by atoms with Gasteiger partial charge in [-0.1, -0.05) is 44.5 Å². The topological polar surface area (TPSA) is 52.0 Å². The molecule has 1 aromatic heterocycles. The Labute approximate surface area is 131 Å². The van der Waals surface area contributed by atoms with E-state index in [1.54, 1.807) is 26.8 Å². The van der Waals surface area contributed by atoms with E-state index in [4.69, 9.17) is 22.3 Å². The van der Waals surface area contributed by atoms with Crippen LogP contribution in [0.3, 0.4) is 0 Å². The number of hydrogen-bond acceptors (Lipinski definition) is 3. The van der Waals surface area contributed by atoms with E-state index in [1.807, 2.05) is 0 Å². The third-order valence-electron chi connectivity index (χ3n) is 2.82. The van der Waals surface area contributed by atoms with Gasteiger partial charge in [0, 0.05) is 16.1 Å². The zero-order valence-corrected chi connectivity index (χ0v) is 13.9. The van der Waals surface area contributed by atoms with Crippen LogP contribution in [0.4, 0.5) is 4.39 Å². The summed E-state index contributed by atoms with van der Waals surface area (Å²) in [4.78, 5) is -0.290. The predicted molar refractivity (Wildman–Crippen MR) is 80.3 cm³/mol. The minimum Gasteiger partial charge on any atom is -0.217 e. The molecule has 0 fully saturated rings. The van der Waals surface area contributed by atoms with E-state index in [1.165, 1.54) is 18.2 Å². The highest BCUT2D eigenvalue weighted by Crippen LogP contribution is 2.36. The zero-order chi connectivity index (χ0) is 16.0. The molecule has 0 saturated carbocycles. The first kappa shape index (κ1) is 16.3. The lowest BCUT2D eigenvalue weighted by Crippen LogP contribution is -2.15. The van der Waals surface area contributed by atoms with Crippen molar-refractivity contribution in [2.75, 3.05) is 0 Å². The molecule has 0 unspecified atom stereocenters. The third-order valence-corrected chi connectivity index (χ3v) is 4.62. The highest BCUT2D eigenvalue weighted by Gasteiger charge is 2.33. The highest BCUT2D eigenvalue weighted by atomic mass is 35.7. The fraction of sp³-hybridized carbons (Fsp3) is 0.308. The summed E-state index contributed by atoms with van der Waals surface area (Å²) >= 11 is 6.10. The van der Waals surface area contributed by atoms with E-state index in [9.17, 15) is 12.8 Å². The quantitative estimate of drug-likeness (QED) is 0.772. The monoisotopic (exact) mass is 350 g/mol. The Balaban J connectivity index is 2.84. The molecule has 0 N–H and O–H groups in total. The van der Waals surface area contributed by atoms with Crippen LogP contribution in [0, 0.1) is 5.82 Å². The third kappa shape index (κ3) is 3.07. The molecule has 0 bridgehead atoms. The van der Waals surface area contributed by atoms with Crippen LogP contribution in [0.25, 0.3) is 5.69 Å². The summed E-state index contributed by atoms with van der Waals surface area (Å²) in [6, 6.07) is 5.80. The van der Waals surface area contributed by atoms with Gasteiger partial charge in [-0.05, 0) is 12.1 Å². The van der Waals surface area contributed by atoms with E-state index in [2.05, 4.69) is 5.10 Å². The van der Waals surface area contributed by atoms with Gasteiger partial charge < -0.3 is 0 Å². The van der Waals surface area contributed by atoms with Crippen molar-refractivity contribution in [2.24, 2.45) is 0 Å². The van der Waals surface area contributed by atoms with E-state index in [0.29, 0.717) is 0 Å². The Morgan fingerprint density at radius 3 is 2.24 bits per heavy atom. The van der Waals surface area contributed by atoms with Crippen LogP contribution in [-0.4, -0.2) is 18.2 Å². The standard InChI is InChI=1S/C13H13Cl2FN2O2S/c1-13(2,3)11-10(21(15,19)20)12(14)18(17-11)9-7-5-4-6-8(9)16/h4-7H,1-3H3. The lowest BCUT2D eigenvalue weighted by molar-refractivity contribution is 0.542. The number of hydrogen-bond donors (Lipinski definition) is 0. The molecule has 2 rings (SSSR count). The maximum absolute atomic E-state index is 13.9. The zero-order valence-electron chi connectivity index (χ0n) is 11.6. The van der Waals surface area contributed by atoms with Crippen molar-refractivity contribution in [3.8, 4) is 5.69 Å². The predicted octanol–water partition coefficient (Wildman–Crippen LogP) is 3.89. The first-order chi connectivity index (χ1) is 9.53. The second kappa shape index (κ2) is 5.26. The van der Waals surface area contributed by atoms with Crippen LogP contribution in [0.1, 0.15) is 26.5 Å². The van der Waals surface area contributed by atoms with Crippen molar-refractivity contribution >= 4 is 31.3 Å². The van der Waals surface area contributed by atoms with E-state index < -0.39 is 20.3 Å². The number of benzene rings is 1. The first-order valence-electron chi connectivity index (χ1n) is 6.02. The molecule has 0 amide bonds. The largest absolute Gasteiger partial charge is 0.266 e. The average molecular weight is 351 g/mol. The van der Waals surface area contributed by atoms with Crippen molar-refractivity contribution < 1.29 is 12.8 Å². The number of para-hydroxylation sites is 1. The van der Waals surface area contributed by atoms with Gasteiger partial charge in [-0.2, -0.15) is 5.10 Å². The molecule has 1 aromatic carbocycles. The molecule has 0 spiro atoms. The maximum Gasteiger partial charge on any atom is 0.266 e. The van der Waals surface area contributed by atoms with Crippen molar-refractivity contribution in [3.05, 3.63) is 40.9 Å². The van der Waals surface area contributed by atoms with Crippen LogP contribution >= 0.6 is 22.3 Å². The van der Waals surface area contributed by atoms with E-state index in [0.717, 1.165) is 4.68 Å². The lowest BCUT2D eigenvalue weighted by atomic mass is 9.92. The molecule has 0 aliphatic carbocycles. The molecule has 0 aliphatic rings. The average Bonchev–Trinajstić information content (AvgIpc) is 2.67. The molecule has 114 valence electrons. The molecule has 2 aromatic rings. The number of nitrogens with zero attached hydrogens (tertiary/aromatic N) is 2. The van der Waals surface area contributed by atoms with Crippen LogP contribution in [0.5, 0.6) is 0 Å². The summed E-state index contributed by atoms with van der Waals surface area (Å²) < 4.78 is 38.5. The first-order valence-corrected chi connectivity index (χ1v) is 8.71. The van der Waals surface area contributed by atoms with Gasteiger partial charge in [-0.15, -0.1) is 0 Å². The second-order valence-corrected chi connectivity index (χ2v) is 8.38. The Morgan fingerprint density at radius 1 is 1.24 bits per heavy atom. The van der Waals surface area contributed by atoms with Crippen LogP contribution in [0.2, 0.25) is 5.15 Å². The van der Waals surface area contributed by atoms with Crippen molar-refractivity contribution in [1.82, 2.24) is 9.78 Å². The smallest absolute Gasteiger partial charge is 0.217 e. The summed E-state index contributed by atoms with van der Waals surface area (Å²) in [5.41, 5.74) is -0.387. The van der Waals surface area contributed by atoms with Crippen LogP contribution in [-0.2, 0) is 14.5 Å². The summed E-state index contributed by atoms with van der Waals surface area (Å²) in [5.74, 6) is -0.569. The molecule has 0 radical (unpaired) electrons. The fourth-order valence-corrected chi connectivity index (χ4v) is 3.82. The van der Waals surface area contributed by atoms with Gasteiger partial charge in [0.15, 0.2) is 5.15 Å². The summed E-state index contributed by atoms with van der Waals surface area (Å²) in [5, 5.41) is 3.92. The Hall–Kier alpha value is -1.11. The van der Waals surface area contributed by atoms with Gasteiger partial charge in [-0.25, -0.2) is 17.5 Å². The van der Waals surface area contributed by atoms with Gasteiger partial charge in [0.05, 0.1) is 5.69 Å². The minimum absolute atomic E-state index is 0.0552. The van der Waals surface area contributed by atoms with E-state index in [-0.39, 0.29) is 21.4 Å². The maximum atomic E-state index is 13.9. The molecule has 8 heteroatoms. The molecular formula is C13H13Cl2FN2O2S. The molecule has 0 atom stereocenters. The van der Waals surface area contributed by atoms with Crippen molar-refractivity contribution in [3.63, 3.8) is 0 Å². The van der Waals surface area contributed by atoms with Gasteiger partial charge in [0.25, 0.3) is 9.05 Å².